The molecule has 3 unspecified atom stereocenters. The topological polar surface area (TPSA) is 76.2 Å². The van der Waals surface area contributed by atoms with Crippen molar-refractivity contribution in [3.05, 3.63) is 35.9 Å². The lowest BCUT2D eigenvalue weighted by Gasteiger charge is -2.32. The number of ether oxygens (including phenoxy) is 2. The van der Waals surface area contributed by atoms with Gasteiger partial charge in [0.05, 0.1) is 11.8 Å². The summed E-state index contributed by atoms with van der Waals surface area (Å²) in [6.45, 7) is 7.82. The number of carbonyl (C=O) groups is 3. The summed E-state index contributed by atoms with van der Waals surface area (Å²) in [5, 5.41) is 0. The van der Waals surface area contributed by atoms with Gasteiger partial charge in [-0.1, -0.05) is 32.1 Å². The highest BCUT2D eigenvalue weighted by Crippen LogP contribution is 2.37. The minimum atomic E-state index is -0.766. The van der Waals surface area contributed by atoms with E-state index in [1.165, 1.54) is 4.90 Å². The average molecular weight is 441 g/mol. The molecule has 1 aromatic rings. The van der Waals surface area contributed by atoms with Crippen LogP contribution in [-0.4, -0.2) is 53.3 Å². The number of imide groups is 1. The summed E-state index contributed by atoms with van der Waals surface area (Å²) in [6, 6.07) is 4.92. The molecule has 7 heteroatoms. The molecule has 3 atom stereocenters. The van der Waals surface area contributed by atoms with E-state index in [1.54, 1.807) is 4.90 Å². The molecule has 0 bridgehead atoms. The summed E-state index contributed by atoms with van der Waals surface area (Å²) in [4.78, 5) is 43.1. The molecule has 4 rings (SSSR count). The second-order valence-electron chi connectivity index (χ2n) is 9.18. The van der Waals surface area contributed by atoms with Crippen LogP contribution >= 0.6 is 0 Å². The van der Waals surface area contributed by atoms with Crippen molar-refractivity contribution in [2.24, 2.45) is 17.8 Å². The van der Waals surface area contributed by atoms with Crippen LogP contribution in [0.5, 0.6) is 11.5 Å². The van der Waals surface area contributed by atoms with Crippen molar-refractivity contribution >= 4 is 17.7 Å². The third kappa shape index (κ3) is 4.25. The molecule has 0 radical (unpaired) electrons. The quantitative estimate of drug-likeness (QED) is 0.481. The van der Waals surface area contributed by atoms with Crippen LogP contribution in [0.4, 0.5) is 0 Å². The molecule has 3 aliphatic rings. The first-order chi connectivity index (χ1) is 15.4. The van der Waals surface area contributed by atoms with E-state index in [9.17, 15) is 14.4 Å². The SMILES string of the molecule is CCN(Cc1ccc2c(c1)OCCO2)C(=O)C(CC(C)C)N1C(=O)C2CC=CCC2C1=O. The van der Waals surface area contributed by atoms with Gasteiger partial charge in [-0.05, 0) is 49.8 Å². The van der Waals surface area contributed by atoms with E-state index in [4.69, 9.17) is 9.47 Å². The van der Waals surface area contributed by atoms with E-state index in [1.807, 2.05) is 51.1 Å². The number of fused-ring (bicyclic) bond motifs is 2. The first-order valence-corrected chi connectivity index (χ1v) is 11.6. The smallest absolute Gasteiger partial charge is 0.246 e. The van der Waals surface area contributed by atoms with Crippen molar-refractivity contribution in [2.45, 2.75) is 52.6 Å². The Kier molecular flexibility index (Phi) is 6.53. The molecule has 0 spiro atoms. The number of hydrogen-bond acceptors (Lipinski definition) is 5. The Hall–Kier alpha value is -2.83. The number of allylic oxidation sites excluding steroid dienone is 2. The van der Waals surface area contributed by atoms with Gasteiger partial charge in [-0.2, -0.15) is 0 Å². The number of nitrogens with zero attached hydrogens (tertiary/aromatic N) is 2. The molecule has 3 amide bonds. The molecule has 0 N–H and O–H groups in total. The highest BCUT2D eigenvalue weighted by Gasteiger charge is 2.51. The van der Waals surface area contributed by atoms with Gasteiger partial charge in [0.15, 0.2) is 11.5 Å². The second-order valence-corrected chi connectivity index (χ2v) is 9.18. The minimum absolute atomic E-state index is 0.165. The lowest BCUT2D eigenvalue weighted by atomic mass is 9.85. The first-order valence-electron chi connectivity index (χ1n) is 11.6. The fourth-order valence-corrected chi connectivity index (χ4v) is 4.86. The zero-order valence-corrected chi connectivity index (χ0v) is 19.1. The Morgan fingerprint density at radius 1 is 1.06 bits per heavy atom. The van der Waals surface area contributed by atoms with Crippen molar-refractivity contribution in [3.63, 3.8) is 0 Å². The van der Waals surface area contributed by atoms with Gasteiger partial charge in [0, 0.05) is 13.1 Å². The zero-order valence-electron chi connectivity index (χ0n) is 19.1. The molecule has 1 fully saturated rings. The fourth-order valence-electron chi connectivity index (χ4n) is 4.86. The van der Waals surface area contributed by atoms with Crippen LogP contribution in [0.2, 0.25) is 0 Å². The zero-order chi connectivity index (χ0) is 22.8. The van der Waals surface area contributed by atoms with Crippen LogP contribution in [0.25, 0.3) is 0 Å². The number of likely N-dealkylation sites (N-methyl/N-ethyl adjacent to an activating group) is 1. The van der Waals surface area contributed by atoms with E-state index in [0.29, 0.717) is 57.1 Å². The molecule has 0 aromatic heterocycles. The Morgan fingerprint density at radius 2 is 1.69 bits per heavy atom. The van der Waals surface area contributed by atoms with Crippen molar-refractivity contribution in [1.82, 2.24) is 9.80 Å². The Bertz CT molecular complexity index is 899. The number of benzene rings is 1. The van der Waals surface area contributed by atoms with Crippen molar-refractivity contribution in [1.29, 1.82) is 0 Å². The molecule has 32 heavy (non-hydrogen) atoms. The molecular formula is C25H32N2O5. The molecular weight excluding hydrogens is 408 g/mol. The van der Waals surface area contributed by atoms with Crippen molar-refractivity contribution in [3.8, 4) is 11.5 Å². The number of hydrogen-bond donors (Lipinski definition) is 0. The maximum absolute atomic E-state index is 13.7. The largest absolute Gasteiger partial charge is 0.486 e. The predicted molar refractivity (Wildman–Crippen MR) is 119 cm³/mol. The van der Waals surface area contributed by atoms with Crippen LogP contribution in [0, 0.1) is 17.8 Å². The summed E-state index contributed by atoms with van der Waals surface area (Å²) in [6.07, 6.45) is 5.54. The summed E-state index contributed by atoms with van der Waals surface area (Å²) < 4.78 is 11.3. The van der Waals surface area contributed by atoms with Crippen molar-refractivity contribution in [2.75, 3.05) is 19.8 Å². The number of carbonyl (C=O) groups excluding carboxylic acids is 3. The van der Waals surface area contributed by atoms with Gasteiger partial charge in [-0.3, -0.25) is 19.3 Å². The molecule has 2 heterocycles. The third-order valence-electron chi connectivity index (χ3n) is 6.51. The fraction of sp³-hybridized carbons (Fsp3) is 0.560. The molecule has 1 saturated heterocycles. The summed E-state index contributed by atoms with van der Waals surface area (Å²) in [5.41, 5.74) is 0.921. The first kappa shape index (κ1) is 22.4. The van der Waals surface area contributed by atoms with Gasteiger partial charge in [0.1, 0.15) is 19.3 Å². The van der Waals surface area contributed by atoms with Gasteiger partial charge in [0.2, 0.25) is 17.7 Å². The number of amides is 3. The van der Waals surface area contributed by atoms with Gasteiger partial charge in [-0.15, -0.1) is 0 Å². The molecule has 1 aromatic carbocycles. The standard InChI is InChI=1S/C25H32N2O5/c1-4-26(15-17-9-10-21-22(14-17)32-12-11-31-21)25(30)20(13-16(2)3)27-23(28)18-7-5-6-8-19(18)24(27)29/h5-6,9-10,14,16,18-20H,4,7-8,11-13,15H2,1-3H3. The highest BCUT2D eigenvalue weighted by molar-refractivity contribution is 6.08. The van der Waals surface area contributed by atoms with Crippen LogP contribution in [-0.2, 0) is 20.9 Å². The van der Waals surface area contributed by atoms with Gasteiger partial charge >= 0.3 is 0 Å². The van der Waals surface area contributed by atoms with Crippen LogP contribution < -0.4 is 9.47 Å². The normalized spacial score (nSPS) is 22.8. The lowest BCUT2D eigenvalue weighted by Crippen LogP contribution is -2.51. The van der Waals surface area contributed by atoms with Crippen LogP contribution in [0.15, 0.2) is 30.4 Å². The van der Waals surface area contributed by atoms with E-state index in [-0.39, 0.29) is 35.5 Å². The summed E-state index contributed by atoms with van der Waals surface area (Å²) in [7, 11) is 0. The second kappa shape index (κ2) is 9.35. The molecule has 1 aliphatic carbocycles. The van der Waals surface area contributed by atoms with E-state index >= 15 is 0 Å². The van der Waals surface area contributed by atoms with Gasteiger partial charge in [-0.25, -0.2) is 0 Å². The van der Waals surface area contributed by atoms with Gasteiger partial charge < -0.3 is 14.4 Å². The number of rotatable bonds is 7. The number of likely N-dealkylation sites (tertiary alicyclic amines) is 1. The van der Waals surface area contributed by atoms with E-state index < -0.39 is 6.04 Å². The van der Waals surface area contributed by atoms with Crippen molar-refractivity contribution < 1.29 is 23.9 Å². The van der Waals surface area contributed by atoms with Crippen LogP contribution in [0.1, 0.15) is 45.6 Å². The molecule has 2 aliphatic heterocycles. The summed E-state index contributed by atoms with van der Waals surface area (Å²) in [5.74, 6) is 0.319. The Balaban J connectivity index is 1.56. The predicted octanol–water partition coefficient (Wildman–Crippen LogP) is 3.17. The lowest BCUT2D eigenvalue weighted by molar-refractivity contribution is -0.152. The van der Waals surface area contributed by atoms with Crippen LogP contribution in [0.3, 0.4) is 0 Å². The molecule has 7 nitrogen and oxygen atoms in total. The maximum Gasteiger partial charge on any atom is 0.246 e. The Morgan fingerprint density at radius 3 is 2.28 bits per heavy atom. The average Bonchev–Trinajstić information content (AvgIpc) is 3.05. The molecule has 172 valence electrons. The maximum atomic E-state index is 13.7. The highest BCUT2D eigenvalue weighted by atomic mass is 16.6. The van der Waals surface area contributed by atoms with E-state index in [0.717, 1.165) is 5.56 Å². The monoisotopic (exact) mass is 440 g/mol. The Labute approximate surface area is 189 Å². The van der Waals surface area contributed by atoms with E-state index in [2.05, 4.69) is 0 Å². The minimum Gasteiger partial charge on any atom is -0.486 e. The van der Waals surface area contributed by atoms with Gasteiger partial charge in [0.25, 0.3) is 0 Å². The summed E-state index contributed by atoms with van der Waals surface area (Å²) >= 11 is 0. The third-order valence-corrected chi connectivity index (χ3v) is 6.51. The molecule has 0 saturated carbocycles.